The molecule has 2 aliphatic rings. The molecule has 0 saturated carbocycles. The molecular weight excluding hydrogens is 442 g/mol. The first kappa shape index (κ1) is 22.8. The lowest BCUT2D eigenvalue weighted by Crippen LogP contribution is -2.57. The largest absolute Gasteiger partial charge is 0.460 e. The summed E-state index contributed by atoms with van der Waals surface area (Å²) in [7, 11) is 0. The number of pyridine rings is 1. The van der Waals surface area contributed by atoms with Gasteiger partial charge in [-0.05, 0) is 41.8 Å². The van der Waals surface area contributed by atoms with Crippen molar-refractivity contribution in [1.82, 2.24) is 4.98 Å². The molecule has 0 amide bonds. The number of carbonyl (C=O) groups is 1. The molecule has 1 aromatic heterocycles. The summed E-state index contributed by atoms with van der Waals surface area (Å²) < 4.78 is 5.47. The Labute approximate surface area is 203 Å². The Morgan fingerprint density at radius 1 is 1.26 bits per heavy atom. The van der Waals surface area contributed by atoms with E-state index >= 15 is 0 Å². The van der Waals surface area contributed by atoms with E-state index in [-0.39, 0.29) is 22.6 Å². The minimum atomic E-state index is -0.472. The first-order valence-corrected chi connectivity index (χ1v) is 11.6. The molecular formula is C28H27N3O4. The summed E-state index contributed by atoms with van der Waals surface area (Å²) in [5.74, 6) is -0.405. The van der Waals surface area contributed by atoms with Crippen LogP contribution in [0.3, 0.4) is 0 Å². The summed E-state index contributed by atoms with van der Waals surface area (Å²) in [4.78, 5) is 30.4. The molecule has 178 valence electrons. The van der Waals surface area contributed by atoms with Crippen LogP contribution in [0.4, 0.5) is 11.4 Å². The molecule has 2 aromatic carbocycles. The van der Waals surface area contributed by atoms with Gasteiger partial charge in [0.2, 0.25) is 0 Å². The van der Waals surface area contributed by atoms with Gasteiger partial charge >= 0.3 is 5.97 Å². The van der Waals surface area contributed by atoms with Crippen LogP contribution in [0.2, 0.25) is 0 Å². The van der Waals surface area contributed by atoms with Crippen molar-refractivity contribution in [2.45, 2.75) is 38.1 Å². The summed E-state index contributed by atoms with van der Waals surface area (Å²) in [5, 5.41) is 12.3. The zero-order valence-corrected chi connectivity index (χ0v) is 20.1. The molecule has 1 spiro atoms. The lowest BCUT2D eigenvalue weighted by atomic mass is 9.65. The van der Waals surface area contributed by atoms with E-state index in [0.717, 1.165) is 16.8 Å². The van der Waals surface area contributed by atoms with Gasteiger partial charge in [-0.3, -0.25) is 15.1 Å². The van der Waals surface area contributed by atoms with E-state index in [9.17, 15) is 14.9 Å². The molecule has 1 unspecified atom stereocenters. The number of nitrogens with zero attached hydrogens (tertiary/aromatic N) is 3. The van der Waals surface area contributed by atoms with Gasteiger partial charge in [-0.2, -0.15) is 0 Å². The minimum Gasteiger partial charge on any atom is -0.460 e. The number of hydrogen-bond donors (Lipinski definition) is 0. The summed E-state index contributed by atoms with van der Waals surface area (Å²) in [5.41, 5.74) is 4.42. The number of fused-ring (bicyclic) bond motifs is 4. The van der Waals surface area contributed by atoms with E-state index in [4.69, 9.17) is 4.74 Å². The van der Waals surface area contributed by atoms with Gasteiger partial charge < -0.3 is 9.64 Å². The molecule has 0 bridgehead atoms. The molecule has 7 nitrogen and oxygen atoms in total. The maximum absolute atomic E-state index is 12.0. The summed E-state index contributed by atoms with van der Waals surface area (Å²) in [6.07, 6.45) is 6.44. The quantitative estimate of drug-likeness (QED) is 0.216. The van der Waals surface area contributed by atoms with Gasteiger partial charge in [-0.15, -0.1) is 0 Å². The molecule has 0 saturated heterocycles. The molecule has 5 rings (SSSR count). The second-order valence-corrected chi connectivity index (χ2v) is 9.76. The highest BCUT2D eigenvalue weighted by Gasteiger charge is 2.56. The molecule has 2 heterocycles. The van der Waals surface area contributed by atoms with E-state index in [1.165, 1.54) is 5.56 Å². The van der Waals surface area contributed by atoms with Gasteiger partial charge in [-0.25, -0.2) is 4.79 Å². The van der Waals surface area contributed by atoms with Crippen molar-refractivity contribution in [3.05, 3.63) is 93.7 Å². The van der Waals surface area contributed by atoms with Crippen LogP contribution < -0.4 is 4.90 Å². The first-order valence-electron chi connectivity index (χ1n) is 11.6. The maximum Gasteiger partial charge on any atom is 0.333 e. The zero-order valence-electron chi connectivity index (χ0n) is 20.1. The summed E-state index contributed by atoms with van der Waals surface area (Å²) in [6.45, 7) is 10.5. The number of hydrogen-bond acceptors (Lipinski definition) is 6. The fourth-order valence-electron chi connectivity index (χ4n) is 5.65. The average molecular weight is 470 g/mol. The number of nitro groups is 1. The lowest BCUT2D eigenvalue weighted by Gasteiger charge is -2.48. The van der Waals surface area contributed by atoms with Crippen molar-refractivity contribution >= 4 is 34.3 Å². The Balaban J connectivity index is 1.64. The molecule has 0 fully saturated rings. The van der Waals surface area contributed by atoms with E-state index < -0.39 is 11.5 Å². The van der Waals surface area contributed by atoms with Gasteiger partial charge in [0.25, 0.3) is 5.69 Å². The van der Waals surface area contributed by atoms with Crippen LogP contribution in [0.5, 0.6) is 0 Å². The van der Waals surface area contributed by atoms with Crippen LogP contribution in [0, 0.1) is 10.1 Å². The van der Waals surface area contributed by atoms with Gasteiger partial charge in [0, 0.05) is 35.4 Å². The van der Waals surface area contributed by atoms with E-state index in [0.29, 0.717) is 29.4 Å². The monoisotopic (exact) mass is 469 g/mol. The molecule has 1 atom stereocenters. The topological polar surface area (TPSA) is 85.6 Å². The lowest BCUT2D eigenvalue weighted by molar-refractivity contribution is -0.383. The summed E-state index contributed by atoms with van der Waals surface area (Å²) in [6, 6.07) is 13.4. The highest BCUT2D eigenvalue weighted by atomic mass is 16.6. The third-order valence-corrected chi connectivity index (χ3v) is 7.52. The number of rotatable bonds is 5. The van der Waals surface area contributed by atoms with Gasteiger partial charge in [0.1, 0.15) is 6.61 Å². The Kier molecular flexibility index (Phi) is 5.24. The number of carbonyl (C=O) groups excluding carboxylic acids is 1. The number of aromatic nitrogens is 1. The minimum absolute atomic E-state index is 0.0602. The van der Waals surface area contributed by atoms with Crippen molar-refractivity contribution in [1.29, 1.82) is 0 Å². The smallest absolute Gasteiger partial charge is 0.333 e. The predicted molar refractivity (Wildman–Crippen MR) is 136 cm³/mol. The van der Waals surface area contributed by atoms with Crippen LogP contribution in [0.15, 0.2) is 66.9 Å². The number of nitro benzene ring substituents is 1. The number of benzene rings is 2. The van der Waals surface area contributed by atoms with Crippen molar-refractivity contribution in [2.24, 2.45) is 0 Å². The molecule has 1 aliphatic heterocycles. The molecule has 0 radical (unpaired) electrons. The number of esters is 1. The Hall–Kier alpha value is -4.00. The van der Waals surface area contributed by atoms with E-state index in [2.05, 4.69) is 48.5 Å². The van der Waals surface area contributed by atoms with Gasteiger partial charge in [-0.1, -0.05) is 50.8 Å². The number of ether oxygens (including phenoxy) is 1. The molecule has 7 heteroatoms. The van der Waals surface area contributed by atoms with Crippen molar-refractivity contribution in [2.75, 3.05) is 18.1 Å². The van der Waals surface area contributed by atoms with Crippen LogP contribution >= 0.6 is 0 Å². The van der Waals surface area contributed by atoms with Crippen molar-refractivity contribution in [3.8, 4) is 0 Å². The average Bonchev–Trinajstić information content (AvgIpc) is 3.02. The first-order chi connectivity index (χ1) is 16.7. The zero-order chi connectivity index (χ0) is 25.0. The van der Waals surface area contributed by atoms with E-state index in [1.54, 1.807) is 31.3 Å². The molecule has 1 aliphatic carbocycles. The van der Waals surface area contributed by atoms with E-state index in [1.807, 2.05) is 18.2 Å². The van der Waals surface area contributed by atoms with Crippen molar-refractivity contribution in [3.63, 3.8) is 0 Å². The number of non-ortho nitro benzene ring substituents is 1. The van der Waals surface area contributed by atoms with Gasteiger partial charge in [0.05, 0.1) is 27.9 Å². The Bertz CT molecular complexity index is 1420. The molecule has 0 N–H and O–H groups in total. The van der Waals surface area contributed by atoms with Gasteiger partial charge in [0.15, 0.2) is 0 Å². The summed E-state index contributed by atoms with van der Waals surface area (Å²) >= 11 is 0. The fourth-order valence-corrected chi connectivity index (χ4v) is 5.65. The van der Waals surface area contributed by atoms with Crippen LogP contribution in [-0.2, 0) is 21.4 Å². The third-order valence-electron chi connectivity index (χ3n) is 7.52. The standard InChI is InChI=1S/C28H27N3O4/c1-18(2)26(32)35-15-14-30-23-10-6-5-9-22(23)27(3,4)28(30)12-11-19-16-24(31(33)34)20-8-7-13-29-25(20)21(19)17-28/h5-13,16H,1,14-15,17H2,2-4H3. The van der Waals surface area contributed by atoms with Crippen LogP contribution in [-0.4, -0.2) is 34.6 Å². The molecule has 3 aromatic rings. The highest BCUT2D eigenvalue weighted by Crippen LogP contribution is 2.55. The normalized spacial score (nSPS) is 19.5. The number of para-hydroxylation sites is 1. The predicted octanol–water partition coefficient (Wildman–Crippen LogP) is 5.37. The number of anilines is 1. The second-order valence-electron chi connectivity index (χ2n) is 9.76. The van der Waals surface area contributed by atoms with Crippen LogP contribution in [0.25, 0.3) is 17.0 Å². The SMILES string of the molecule is C=C(C)C(=O)OCCN1c2ccccc2C(C)(C)C12C=Cc1cc([N+](=O)[O-])c3cccnc3c1C2. The fraction of sp³-hybridized carbons (Fsp3) is 0.286. The Morgan fingerprint density at radius 3 is 2.77 bits per heavy atom. The van der Waals surface area contributed by atoms with Crippen LogP contribution in [0.1, 0.15) is 37.5 Å². The molecule has 35 heavy (non-hydrogen) atoms. The highest BCUT2D eigenvalue weighted by molar-refractivity contribution is 5.94. The second kappa shape index (κ2) is 8.05. The Morgan fingerprint density at radius 2 is 2.03 bits per heavy atom. The van der Waals surface area contributed by atoms with Crippen molar-refractivity contribution < 1.29 is 14.5 Å². The third kappa shape index (κ3) is 3.33. The maximum atomic E-state index is 12.0.